The molecule has 0 radical (unpaired) electrons. The first-order valence-corrected chi connectivity index (χ1v) is 9.07. The van der Waals surface area contributed by atoms with Gasteiger partial charge in [0.05, 0.1) is 5.52 Å². The van der Waals surface area contributed by atoms with Crippen molar-refractivity contribution < 1.29 is 0 Å². The predicted octanol–water partition coefficient (Wildman–Crippen LogP) is 5.30. The van der Waals surface area contributed by atoms with Gasteiger partial charge in [0.25, 0.3) is 0 Å². The maximum absolute atomic E-state index is 4.48. The summed E-state index contributed by atoms with van der Waals surface area (Å²) in [6, 6.07) is 8.24. The van der Waals surface area contributed by atoms with Crippen LogP contribution in [-0.4, -0.2) is 33.2 Å². The van der Waals surface area contributed by atoms with E-state index in [1.54, 1.807) is 13.4 Å². The standard InChI is InChI=1S/C20H17N5.C2H6/c1-3-13(9-21-2)16-6-7-23-20-19(16)17(11-24-20)14-4-5-18-15(8-14)10-22-12-25-18;1-2/h3-12H,1-2H3,(H,23,24);1-2H3/b13-3+,21-9?;. The minimum atomic E-state index is 0.862. The van der Waals surface area contributed by atoms with Gasteiger partial charge in [-0.15, -0.1) is 0 Å². The van der Waals surface area contributed by atoms with Gasteiger partial charge in [-0.3, -0.25) is 4.99 Å². The Morgan fingerprint density at radius 3 is 2.78 bits per heavy atom. The number of H-pyrrole nitrogens is 1. The second-order valence-electron chi connectivity index (χ2n) is 5.71. The number of nitrogens with one attached hydrogen (secondary N) is 1. The molecule has 0 spiro atoms. The van der Waals surface area contributed by atoms with Gasteiger partial charge in [-0.05, 0) is 41.8 Å². The number of nitrogens with zero attached hydrogens (tertiary/aromatic N) is 4. The zero-order valence-electron chi connectivity index (χ0n) is 16.1. The lowest BCUT2D eigenvalue weighted by molar-refractivity contribution is 1.22. The molecule has 0 bridgehead atoms. The van der Waals surface area contributed by atoms with Gasteiger partial charge in [0, 0.05) is 48.2 Å². The summed E-state index contributed by atoms with van der Waals surface area (Å²) in [5.41, 5.74) is 6.18. The third-order valence-corrected chi connectivity index (χ3v) is 4.28. The van der Waals surface area contributed by atoms with Gasteiger partial charge in [-0.2, -0.15) is 0 Å². The van der Waals surface area contributed by atoms with E-state index in [1.165, 1.54) is 0 Å². The quantitative estimate of drug-likeness (QED) is 0.506. The second kappa shape index (κ2) is 8.36. The first-order valence-electron chi connectivity index (χ1n) is 9.07. The molecule has 136 valence electrons. The molecule has 0 aliphatic carbocycles. The minimum absolute atomic E-state index is 0.862. The molecule has 0 saturated heterocycles. The molecule has 1 N–H and O–H groups in total. The summed E-state index contributed by atoms with van der Waals surface area (Å²) in [4.78, 5) is 20.3. The number of aromatic nitrogens is 4. The molecule has 0 amide bonds. The summed E-state index contributed by atoms with van der Waals surface area (Å²) in [5.74, 6) is 0. The summed E-state index contributed by atoms with van der Waals surface area (Å²) in [6.07, 6.45) is 11.2. The van der Waals surface area contributed by atoms with E-state index in [-0.39, 0.29) is 0 Å². The molecule has 3 heterocycles. The van der Waals surface area contributed by atoms with E-state index in [0.29, 0.717) is 0 Å². The van der Waals surface area contributed by atoms with Crippen molar-refractivity contribution in [3.8, 4) is 11.1 Å². The van der Waals surface area contributed by atoms with Gasteiger partial charge < -0.3 is 4.98 Å². The van der Waals surface area contributed by atoms with E-state index in [0.717, 1.165) is 44.2 Å². The van der Waals surface area contributed by atoms with E-state index in [9.17, 15) is 0 Å². The monoisotopic (exact) mass is 357 g/mol. The Morgan fingerprint density at radius 1 is 1.15 bits per heavy atom. The fraction of sp³-hybridized carbons (Fsp3) is 0.182. The van der Waals surface area contributed by atoms with Gasteiger partial charge >= 0.3 is 0 Å². The van der Waals surface area contributed by atoms with E-state index in [2.05, 4.69) is 43.1 Å². The highest BCUT2D eigenvalue weighted by atomic mass is 14.8. The van der Waals surface area contributed by atoms with E-state index < -0.39 is 0 Å². The van der Waals surface area contributed by atoms with Crippen molar-refractivity contribution in [2.24, 2.45) is 4.99 Å². The minimum Gasteiger partial charge on any atom is -0.345 e. The van der Waals surface area contributed by atoms with E-state index in [4.69, 9.17) is 0 Å². The lowest BCUT2D eigenvalue weighted by Crippen LogP contribution is -1.90. The van der Waals surface area contributed by atoms with Gasteiger partial charge in [0.1, 0.15) is 12.0 Å². The number of aliphatic imine (C=N–C) groups is 1. The number of rotatable bonds is 3. The van der Waals surface area contributed by atoms with Gasteiger partial charge in [0.2, 0.25) is 0 Å². The third-order valence-electron chi connectivity index (χ3n) is 4.28. The van der Waals surface area contributed by atoms with Crippen LogP contribution in [0.2, 0.25) is 0 Å². The fourth-order valence-electron chi connectivity index (χ4n) is 3.12. The van der Waals surface area contributed by atoms with Crippen LogP contribution in [0, 0.1) is 0 Å². The van der Waals surface area contributed by atoms with Crippen molar-refractivity contribution in [3.05, 3.63) is 60.8 Å². The van der Waals surface area contributed by atoms with Crippen LogP contribution < -0.4 is 0 Å². The zero-order chi connectivity index (χ0) is 19.2. The van der Waals surface area contributed by atoms with Crippen molar-refractivity contribution in [1.29, 1.82) is 0 Å². The molecule has 0 fully saturated rings. The van der Waals surface area contributed by atoms with Gasteiger partial charge in [-0.25, -0.2) is 15.0 Å². The smallest absolute Gasteiger partial charge is 0.138 e. The normalized spacial score (nSPS) is 11.8. The number of fused-ring (bicyclic) bond motifs is 2. The predicted molar refractivity (Wildman–Crippen MR) is 114 cm³/mol. The molecule has 4 rings (SSSR count). The number of benzene rings is 1. The first kappa shape index (κ1) is 18.5. The molecule has 0 unspecified atom stereocenters. The summed E-state index contributed by atoms with van der Waals surface area (Å²) in [7, 11) is 1.78. The van der Waals surface area contributed by atoms with Crippen molar-refractivity contribution >= 4 is 33.7 Å². The van der Waals surface area contributed by atoms with Crippen LogP contribution in [-0.2, 0) is 0 Å². The Kier molecular flexibility index (Phi) is 5.71. The molecule has 3 aromatic heterocycles. The molecular formula is C22H23N5. The van der Waals surface area contributed by atoms with E-state index in [1.807, 2.05) is 57.7 Å². The van der Waals surface area contributed by atoms with Crippen LogP contribution in [0.25, 0.3) is 38.6 Å². The number of hydrogen-bond acceptors (Lipinski definition) is 4. The molecule has 0 atom stereocenters. The summed E-state index contributed by atoms with van der Waals surface area (Å²) in [6.45, 7) is 6.02. The highest BCUT2D eigenvalue weighted by Gasteiger charge is 2.13. The largest absolute Gasteiger partial charge is 0.345 e. The lowest BCUT2D eigenvalue weighted by atomic mass is 9.97. The third kappa shape index (κ3) is 3.49. The molecule has 0 aliphatic rings. The summed E-state index contributed by atoms with van der Waals surface area (Å²) in [5, 5.41) is 2.10. The van der Waals surface area contributed by atoms with Crippen LogP contribution in [0.15, 0.2) is 60.3 Å². The van der Waals surface area contributed by atoms with Gasteiger partial charge in [0.15, 0.2) is 0 Å². The molecule has 1 aromatic carbocycles. The SMILES string of the molecule is C/C=C(\C=NC)c1ccnc2[nH]cc(-c3ccc4ncncc4c3)c12.CC. The maximum atomic E-state index is 4.48. The van der Waals surface area contributed by atoms with Crippen molar-refractivity contribution in [3.63, 3.8) is 0 Å². The second-order valence-corrected chi connectivity index (χ2v) is 5.71. The molecule has 0 aliphatic heterocycles. The zero-order valence-corrected chi connectivity index (χ0v) is 16.1. The molecule has 5 nitrogen and oxygen atoms in total. The molecule has 0 saturated carbocycles. The van der Waals surface area contributed by atoms with Gasteiger partial charge in [-0.1, -0.05) is 26.0 Å². The lowest BCUT2D eigenvalue weighted by Gasteiger charge is -2.07. The topological polar surface area (TPSA) is 66.8 Å². The van der Waals surface area contributed by atoms with Crippen molar-refractivity contribution in [2.45, 2.75) is 20.8 Å². The number of hydrogen-bond donors (Lipinski definition) is 1. The van der Waals surface area contributed by atoms with Crippen LogP contribution in [0.1, 0.15) is 26.3 Å². The van der Waals surface area contributed by atoms with Crippen LogP contribution >= 0.6 is 0 Å². The average molecular weight is 357 g/mol. The van der Waals surface area contributed by atoms with Crippen molar-refractivity contribution in [1.82, 2.24) is 19.9 Å². The first-order chi connectivity index (χ1) is 13.3. The van der Waals surface area contributed by atoms with Crippen LogP contribution in [0.5, 0.6) is 0 Å². The number of allylic oxidation sites excluding steroid dienone is 2. The van der Waals surface area contributed by atoms with Crippen molar-refractivity contribution in [2.75, 3.05) is 7.05 Å². The highest BCUT2D eigenvalue weighted by Crippen LogP contribution is 2.34. The maximum Gasteiger partial charge on any atom is 0.138 e. The Labute approximate surface area is 158 Å². The van der Waals surface area contributed by atoms with Crippen LogP contribution in [0.3, 0.4) is 0 Å². The summed E-state index contributed by atoms with van der Waals surface area (Å²) >= 11 is 0. The number of aromatic amines is 1. The molecule has 4 aromatic rings. The Hall–Kier alpha value is -3.34. The average Bonchev–Trinajstić information content (AvgIpc) is 3.17. The summed E-state index contributed by atoms with van der Waals surface area (Å²) < 4.78 is 0. The fourth-order valence-corrected chi connectivity index (χ4v) is 3.12. The highest BCUT2D eigenvalue weighted by molar-refractivity contribution is 6.16. The van der Waals surface area contributed by atoms with Crippen LogP contribution in [0.4, 0.5) is 0 Å². The molecular weight excluding hydrogens is 334 g/mol. The molecule has 27 heavy (non-hydrogen) atoms. The Bertz CT molecular complexity index is 1120. The Morgan fingerprint density at radius 2 is 2.00 bits per heavy atom. The molecule has 5 heteroatoms. The Balaban J connectivity index is 0.00000102. The van der Waals surface area contributed by atoms with E-state index >= 15 is 0 Å². The number of pyridine rings is 1.